The van der Waals surface area contributed by atoms with Crippen LogP contribution >= 0.6 is 0 Å². The standard InChI is InChI=1S/C10H17FO2/c1-3-4-5-6-7-10(8-11)13-9(2)12/h3,10H,1,4-8H2,2H3. The van der Waals surface area contributed by atoms with E-state index >= 15 is 0 Å². The number of hydrogen-bond donors (Lipinski definition) is 0. The van der Waals surface area contributed by atoms with Gasteiger partial charge in [-0.3, -0.25) is 4.79 Å². The molecule has 0 aromatic rings. The first-order valence-electron chi connectivity index (χ1n) is 4.54. The van der Waals surface area contributed by atoms with Gasteiger partial charge in [0.05, 0.1) is 0 Å². The minimum atomic E-state index is -0.590. The fraction of sp³-hybridized carbons (Fsp3) is 0.700. The van der Waals surface area contributed by atoms with Crippen LogP contribution in [0, 0.1) is 0 Å². The number of carbonyl (C=O) groups is 1. The Morgan fingerprint density at radius 2 is 2.31 bits per heavy atom. The Balaban J connectivity index is 3.47. The van der Waals surface area contributed by atoms with E-state index in [0.29, 0.717) is 6.42 Å². The van der Waals surface area contributed by atoms with Crippen LogP contribution in [0.25, 0.3) is 0 Å². The van der Waals surface area contributed by atoms with E-state index in [1.807, 2.05) is 6.08 Å². The Labute approximate surface area is 78.8 Å². The highest BCUT2D eigenvalue weighted by atomic mass is 19.1. The molecule has 2 nitrogen and oxygen atoms in total. The first-order chi connectivity index (χ1) is 6.20. The number of carbonyl (C=O) groups excluding carboxylic acids is 1. The van der Waals surface area contributed by atoms with Gasteiger partial charge in [0.1, 0.15) is 12.8 Å². The van der Waals surface area contributed by atoms with Crippen LogP contribution in [0.3, 0.4) is 0 Å². The SMILES string of the molecule is C=CCCCCC(CF)OC(C)=O. The minimum Gasteiger partial charge on any atom is -0.460 e. The molecule has 0 saturated carbocycles. The van der Waals surface area contributed by atoms with E-state index in [1.165, 1.54) is 6.92 Å². The van der Waals surface area contributed by atoms with Crippen molar-refractivity contribution in [1.29, 1.82) is 0 Å². The fourth-order valence-corrected chi connectivity index (χ4v) is 1.06. The quantitative estimate of drug-likeness (QED) is 0.349. The molecule has 1 unspecified atom stereocenters. The molecular formula is C10H17FO2. The second-order valence-electron chi connectivity index (χ2n) is 2.96. The van der Waals surface area contributed by atoms with Crippen LogP contribution in [0.15, 0.2) is 12.7 Å². The summed E-state index contributed by atoms with van der Waals surface area (Å²) in [7, 11) is 0. The smallest absolute Gasteiger partial charge is 0.302 e. The highest BCUT2D eigenvalue weighted by molar-refractivity contribution is 5.66. The highest BCUT2D eigenvalue weighted by Gasteiger charge is 2.10. The van der Waals surface area contributed by atoms with Gasteiger partial charge in [-0.05, 0) is 25.7 Å². The number of allylic oxidation sites excluding steroid dienone is 1. The predicted octanol–water partition coefficient (Wildman–Crippen LogP) is 2.63. The van der Waals surface area contributed by atoms with Gasteiger partial charge in [-0.15, -0.1) is 6.58 Å². The number of alkyl halides is 1. The Kier molecular flexibility index (Phi) is 7.26. The van der Waals surface area contributed by atoms with Crippen LogP contribution in [0.2, 0.25) is 0 Å². The van der Waals surface area contributed by atoms with Crippen LogP contribution in [-0.4, -0.2) is 18.7 Å². The van der Waals surface area contributed by atoms with Gasteiger partial charge in [0.2, 0.25) is 0 Å². The Morgan fingerprint density at radius 3 is 2.77 bits per heavy atom. The third-order valence-electron chi connectivity index (χ3n) is 1.69. The predicted molar refractivity (Wildman–Crippen MR) is 50.2 cm³/mol. The highest BCUT2D eigenvalue weighted by Crippen LogP contribution is 2.08. The van der Waals surface area contributed by atoms with Crippen molar-refractivity contribution in [1.82, 2.24) is 0 Å². The molecule has 0 aliphatic carbocycles. The van der Waals surface area contributed by atoms with Crippen molar-refractivity contribution < 1.29 is 13.9 Å². The number of rotatable bonds is 7. The third-order valence-corrected chi connectivity index (χ3v) is 1.69. The third kappa shape index (κ3) is 7.50. The normalized spacial score (nSPS) is 12.2. The van der Waals surface area contributed by atoms with Gasteiger partial charge >= 0.3 is 5.97 Å². The van der Waals surface area contributed by atoms with Crippen LogP contribution in [0.1, 0.15) is 32.6 Å². The second-order valence-corrected chi connectivity index (χ2v) is 2.96. The summed E-state index contributed by atoms with van der Waals surface area (Å²) in [5.74, 6) is -0.411. The molecule has 0 amide bonds. The molecule has 0 heterocycles. The van der Waals surface area contributed by atoms with Crippen LogP contribution in [-0.2, 0) is 9.53 Å². The van der Waals surface area contributed by atoms with Crippen molar-refractivity contribution >= 4 is 5.97 Å². The number of esters is 1. The van der Waals surface area contributed by atoms with E-state index in [0.717, 1.165) is 19.3 Å². The largest absolute Gasteiger partial charge is 0.460 e. The number of hydrogen-bond acceptors (Lipinski definition) is 2. The Bertz CT molecular complexity index is 157. The monoisotopic (exact) mass is 188 g/mol. The van der Waals surface area contributed by atoms with E-state index in [2.05, 4.69) is 6.58 Å². The van der Waals surface area contributed by atoms with Crippen molar-refractivity contribution in [3.63, 3.8) is 0 Å². The van der Waals surface area contributed by atoms with Crippen molar-refractivity contribution in [2.75, 3.05) is 6.67 Å². The molecule has 0 aromatic heterocycles. The van der Waals surface area contributed by atoms with E-state index in [4.69, 9.17) is 4.74 Å². The summed E-state index contributed by atoms with van der Waals surface area (Å²) < 4.78 is 17.0. The van der Waals surface area contributed by atoms with E-state index in [-0.39, 0.29) is 0 Å². The molecule has 0 aliphatic heterocycles. The molecule has 0 fully saturated rings. The molecule has 0 N–H and O–H groups in total. The molecule has 0 saturated heterocycles. The van der Waals surface area contributed by atoms with Gasteiger partial charge in [0.15, 0.2) is 0 Å². The first kappa shape index (κ1) is 12.1. The van der Waals surface area contributed by atoms with Gasteiger partial charge in [0.25, 0.3) is 0 Å². The lowest BCUT2D eigenvalue weighted by molar-refractivity contribution is -0.147. The number of unbranched alkanes of at least 4 members (excludes halogenated alkanes) is 2. The molecule has 13 heavy (non-hydrogen) atoms. The van der Waals surface area contributed by atoms with Crippen molar-refractivity contribution in [2.24, 2.45) is 0 Å². The van der Waals surface area contributed by atoms with Crippen LogP contribution in [0.5, 0.6) is 0 Å². The molecule has 76 valence electrons. The van der Waals surface area contributed by atoms with Crippen molar-refractivity contribution in [2.45, 2.75) is 38.7 Å². The Morgan fingerprint density at radius 1 is 1.62 bits per heavy atom. The van der Waals surface area contributed by atoms with Gasteiger partial charge in [-0.2, -0.15) is 0 Å². The summed E-state index contributed by atoms with van der Waals surface area (Å²) in [4.78, 5) is 10.5. The molecule has 1 atom stereocenters. The molecule has 0 radical (unpaired) electrons. The number of ether oxygens (including phenoxy) is 1. The topological polar surface area (TPSA) is 26.3 Å². The molecular weight excluding hydrogens is 171 g/mol. The zero-order valence-corrected chi connectivity index (χ0v) is 8.09. The molecule has 3 heteroatoms. The maximum atomic E-state index is 12.2. The molecule has 0 bridgehead atoms. The molecule has 0 spiro atoms. The van der Waals surface area contributed by atoms with E-state index < -0.39 is 18.7 Å². The molecule has 0 rings (SSSR count). The van der Waals surface area contributed by atoms with Crippen molar-refractivity contribution in [3.05, 3.63) is 12.7 Å². The second kappa shape index (κ2) is 7.77. The van der Waals surface area contributed by atoms with Gasteiger partial charge in [-0.25, -0.2) is 4.39 Å². The molecule has 0 aromatic carbocycles. The Hall–Kier alpha value is -0.860. The van der Waals surface area contributed by atoms with Gasteiger partial charge in [0, 0.05) is 6.92 Å². The maximum Gasteiger partial charge on any atom is 0.302 e. The molecule has 0 aliphatic rings. The summed E-state index contributed by atoms with van der Waals surface area (Å²) in [5, 5.41) is 0. The minimum absolute atomic E-state index is 0.411. The first-order valence-corrected chi connectivity index (χ1v) is 4.54. The average molecular weight is 188 g/mol. The zero-order chi connectivity index (χ0) is 10.1. The summed E-state index contributed by atoms with van der Waals surface area (Å²) in [6.07, 6.45) is 4.65. The summed E-state index contributed by atoms with van der Waals surface area (Å²) in [6.45, 7) is 4.29. The van der Waals surface area contributed by atoms with Crippen LogP contribution in [0.4, 0.5) is 4.39 Å². The lowest BCUT2D eigenvalue weighted by Crippen LogP contribution is -2.18. The lowest BCUT2D eigenvalue weighted by Gasteiger charge is -2.12. The lowest BCUT2D eigenvalue weighted by atomic mass is 10.1. The summed E-state index contributed by atoms with van der Waals surface area (Å²) in [6, 6.07) is 0. The number of halogens is 1. The fourth-order valence-electron chi connectivity index (χ4n) is 1.06. The summed E-state index contributed by atoms with van der Waals surface area (Å²) in [5.41, 5.74) is 0. The zero-order valence-electron chi connectivity index (χ0n) is 8.09. The van der Waals surface area contributed by atoms with Crippen molar-refractivity contribution in [3.8, 4) is 0 Å². The van der Waals surface area contributed by atoms with Gasteiger partial charge in [-0.1, -0.05) is 6.08 Å². The van der Waals surface area contributed by atoms with E-state index in [9.17, 15) is 9.18 Å². The van der Waals surface area contributed by atoms with E-state index in [1.54, 1.807) is 0 Å². The average Bonchev–Trinajstić information content (AvgIpc) is 2.09. The summed E-state index contributed by atoms with van der Waals surface area (Å²) >= 11 is 0. The van der Waals surface area contributed by atoms with Gasteiger partial charge < -0.3 is 4.74 Å². The van der Waals surface area contributed by atoms with Crippen LogP contribution < -0.4 is 0 Å². The maximum absolute atomic E-state index is 12.2.